The molecule has 1 aliphatic rings. The third-order valence-corrected chi connectivity index (χ3v) is 6.17. The third-order valence-electron chi connectivity index (χ3n) is 6.17. The number of nitrogens with one attached hydrogen (secondary N) is 1. The molecule has 1 fully saturated rings. The fraction of sp³-hybridized carbons (Fsp3) is 0.423. The first-order valence-corrected chi connectivity index (χ1v) is 11.6. The van der Waals surface area contributed by atoms with E-state index in [0.717, 1.165) is 57.8 Å². The van der Waals surface area contributed by atoms with Crippen LogP contribution in [0.4, 0.5) is 11.5 Å². The number of carbonyl (C=O) groups is 1. The van der Waals surface area contributed by atoms with Crippen molar-refractivity contribution in [2.75, 3.05) is 24.1 Å². The van der Waals surface area contributed by atoms with Gasteiger partial charge in [-0.15, -0.1) is 0 Å². The zero-order valence-electron chi connectivity index (χ0n) is 20.1. The molecule has 1 aromatic heterocycles. The van der Waals surface area contributed by atoms with E-state index < -0.39 is 0 Å². The number of amides is 1. The van der Waals surface area contributed by atoms with Crippen LogP contribution in [0.3, 0.4) is 0 Å². The number of likely N-dealkylation sites (tertiary alicyclic amines) is 1. The van der Waals surface area contributed by atoms with E-state index in [1.54, 1.807) is 0 Å². The molecule has 33 heavy (non-hydrogen) atoms. The monoisotopic (exact) mass is 447 g/mol. The highest BCUT2D eigenvalue weighted by molar-refractivity contribution is 5.91. The maximum absolute atomic E-state index is 12.0. The van der Waals surface area contributed by atoms with E-state index in [9.17, 15) is 4.79 Å². The molecule has 7 heteroatoms. The van der Waals surface area contributed by atoms with Crippen LogP contribution in [0.5, 0.6) is 5.75 Å². The quantitative estimate of drug-likeness (QED) is 0.532. The van der Waals surface area contributed by atoms with Crippen LogP contribution >= 0.6 is 0 Å². The third kappa shape index (κ3) is 5.02. The minimum atomic E-state index is -0.00591. The van der Waals surface area contributed by atoms with Crippen LogP contribution in [-0.4, -0.2) is 40.0 Å². The molecule has 0 spiro atoms. The number of hydrogen-bond donors (Lipinski definition) is 2. The first kappa shape index (κ1) is 22.8. The second-order valence-corrected chi connectivity index (χ2v) is 9.02. The molecule has 1 amide bonds. The van der Waals surface area contributed by atoms with Gasteiger partial charge in [0.05, 0.1) is 18.1 Å². The van der Waals surface area contributed by atoms with Crippen molar-refractivity contribution in [2.45, 2.75) is 59.6 Å². The minimum Gasteiger partial charge on any atom is -0.488 e. The molecule has 174 valence electrons. The maximum Gasteiger partial charge on any atom is 0.222 e. The minimum absolute atomic E-state index is 0.00591. The topological polar surface area (TPSA) is 93.4 Å². The Morgan fingerprint density at radius 3 is 2.73 bits per heavy atom. The van der Waals surface area contributed by atoms with Gasteiger partial charge in [-0.25, -0.2) is 9.97 Å². The van der Waals surface area contributed by atoms with Gasteiger partial charge in [-0.2, -0.15) is 0 Å². The van der Waals surface area contributed by atoms with Gasteiger partial charge in [-0.1, -0.05) is 13.0 Å². The number of benzene rings is 2. The van der Waals surface area contributed by atoms with E-state index >= 15 is 0 Å². The van der Waals surface area contributed by atoms with Gasteiger partial charge in [-0.05, 0) is 68.7 Å². The van der Waals surface area contributed by atoms with Crippen molar-refractivity contribution in [2.24, 2.45) is 0 Å². The average Bonchev–Trinajstić information content (AvgIpc) is 3.22. The lowest BCUT2D eigenvalue weighted by Gasteiger charge is -2.20. The molecule has 0 aliphatic carbocycles. The Kier molecular flexibility index (Phi) is 6.40. The number of nitrogens with zero attached hydrogens (tertiary/aromatic N) is 3. The number of nitrogens with two attached hydrogens (primary N) is 1. The lowest BCUT2D eigenvalue weighted by Crippen LogP contribution is -2.30. The fourth-order valence-electron chi connectivity index (χ4n) is 4.45. The predicted molar refractivity (Wildman–Crippen MR) is 133 cm³/mol. The van der Waals surface area contributed by atoms with Gasteiger partial charge in [0.25, 0.3) is 0 Å². The van der Waals surface area contributed by atoms with Gasteiger partial charge in [0.2, 0.25) is 5.91 Å². The highest BCUT2D eigenvalue weighted by Gasteiger charge is 2.27. The zero-order chi connectivity index (χ0) is 23.7. The van der Waals surface area contributed by atoms with Crippen molar-refractivity contribution < 1.29 is 9.53 Å². The van der Waals surface area contributed by atoms with Crippen molar-refractivity contribution in [1.82, 2.24) is 14.9 Å². The summed E-state index contributed by atoms with van der Waals surface area (Å²) in [6.07, 6.45) is 1.36. The van der Waals surface area contributed by atoms with Gasteiger partial charge in [0, 0.05) is 30.5 Å². The van der Waals surface area contributed by atoms with Crippen LogP contribution in [0, 0.1) is 20.8 Å². The van der Waals surface area contributed by atoms with Crippen LogP contribution in [0.1, 0.15) is 55.2 Å². The van der Waals surface area contributed by atoms with Gasteiger partial charge in [-0.3, -0.25) is 4.79 Å². The lowest BCUT2D eigenvalue weighted by molar-refractivity contribution is -0.130. The number of rotatable bonds is 6. The number of aromatic nitrogens is 2. The van der Waals surface area contributed by atoms with Crippen molar-refractivity contribution in [3.8, 4) is 5.75 Å². The summed E-state index contributed by atoms with van der Waals surface area (Å²) in [7, 11) is 0. The smallest absolute Gasteiger partial charge is 0.222 e. The summed E-state index contributed by atoms with van der Waals surface area (Å²) in [6.45, 7) is 11.3. The van der Waals surface area contributed by atoms with E-state index in [-0.39, 0.29) is 18.1 Å². The first-order chi connectivity index (χ1) is 15.7. The van der Waals surface area contributed by atoms with Crippen LogP contribution in [0.2, 0.25) is 0 Å². The molecule has 0 radical (unpaired) electrons. The number of nitrogen functional groups attached to an aromatic ring is 1. The molecular weight excluding hydrogens is 414 g/mol. The van der Waals surface area contributed by atoms with E-state index in [2.05, 4.69) is 23.3 Å². The largest absolute Gasteiger partial charge is 0.488 e. The Bertz CT molecular complexity index is 1170. The van der Waals surface area contributed by atoms with Crippen LogP contribution in [-0.2, 0) is 4.79 Å². The van der Waals surface area contributed by atoms with E-state index in [1.165, 1.54) is 0 Å². The Hall–Kier alpha value is -3.35. The summed E-state index contributed by atoms with van der Waals surface area (Å²) in [4.78, 5) is 23.3. The Morgan fingerprint density at radius 1 is 1.21 bits per heavy atom. The van der Waals surface area contributed by atoms with Crippen molar-refractivity contribution in [1.29, 1.82) is 0 Å². The number of ether oxygens (including phenoxy) is 1. The predicted octanol–water partition coefficient (Wildman–Crippen LogP) is 4.70. The highest BCUT2D eigenvalue weighted by Crippen LogP contribution is 2.32. The zero-order valence-corrected chi connectivity index (χ0v) is 20.1. The molecule has 2 heterocycles. The van der Waals surface area contributed by atoms with Crippen LogP contribution in [0.15, 0.2) is 30.3 Å². The molecule has 1 saturated heterocycles. The van der Waals surface area contributed by atoms with Crippen LogP contribution < -0.4 is 15.8 Å². The number of carbonyl (C=O) groups excluding carboxylic acids is 1. The summed E-state index contributed by atoms with van der Waals surface area (Å²) in [5, 5.41) is 4.46. The molecular formula is C26H33N5O2. The molecule has 0 unspecified atom stereocenters. The molecule has 0 saturated carbocycles. The van der Waals surface area contributed by atoms with Gasteiger partial charge in [0.15, 0.2) is 0 Å². The standard InChI is InChI=1S/C26H33N5O2/c1-6-25(32)31-8-7-21(14-31)33-24-13-22-23(11-16(24)3)29-18(5)30-26(22)28-17(4)19-9-15(2)10-20(27)12-19/h9-13,17,21H,6-8,14,27H2,1-5H3,(H,28,29,30)/t17-,21+/m1/s1. The van der Waals surface area contributed by atoms with Crippen molar-refractivity contribution in [3.63, 3.8) is 0 Å². The van der Waals surface area contributed by atoms with Crippen LogP contribution in [0.25, 0.3) is 10.9 Å². The summed E-state index contributed by atoms with van der Waals surface area (Å²) < 4.78 is 6.35. The molecule has 3 N–H and O–H groups in total. The SMILES string of the molecule is CCC(=O)N1CC[C@H](Oc2cc3c(N[C@H](C)c4cc(C)cc(N)c4)nc(C)nc3cc2C)C1. The molecule has 1 aliphatic heterocycles. The van der Waals surface area contributed by atoms with Gasteiger partial charge < -0.3 is 20.7 Å². The van der Waals surface area contributed by atoms with E-state index in [4.69, 9.17) is 15.5 Å². The molecule has 7 nitrogen and oxygen atoms in total. The maximum atomic E-state index is 12.0. The van der Waals surface area contributed by atoms with Crippen molar-refractivity contribution >= 4 is 28.3 Å². The number of hydrogen-bond acceptors (Lipinski definition) is 6. The second kappa shape index (κ2) is 9.25. The highest BCUT2D eigenvalue weighted by atomic mass is 16.5. The lowest BCUT2D eigenvalue weighted by atomic mass is 10.0. The molecule has 2 aromatic carbocycles. The molecule has 0 bridgehead atoms. The van der Waals surface area contributed by atoms with Gasteiger partial charge >= 0.3 is 0 Å². The summed E-state index contributed by atoms with van der Waals surface area (Å²) in [6, 6.07) is 10.2. The Balaban J connectivity index is 1.63. The van der Waals surface area contributed by atoms with Gasteiger partial charge in [0.1, 0.15) is 23.5 Å². The van der Waals surface area contributed by atoms with E-state index in [0.29, 0.717) is 18.8 Å². The summed E-state index contributed by atoms with van der Waals surface area (Å²) in [5.74, 6) is 2.46. The normalized spacial score (nSPS) is 16.8. The number of anilines is 2. The van der Waals surface area contributed by atoms with E-state index in [1.807, 2.05) is 56.9 Å². The Labute approximate surface area is 195 Å². The first-order valence-electron chi connectivity index (χ1n) is 11.6. The molecule has 3 aromatic rings. The number of fused-ring (bicyclic) bond motifs is 1. The summed E-state index contributed by atoms with van der Waals surface area (Å²) >= 11 is 0. The summed E-state index contributed by atoms with van der Waals surface area (Å²) in [5.41, 5.74) is 10.9. The molecule has 2 atom stereocenters. The second-order valence-electron chi connectivity index (χ2n) is 9.02. The Morgan fingerprint density at radius 2 is 2.00 bits per heavy atom. The number of aryl methyl sites for hydroxylation is 3. The fourth-order valence-corrected chi connectivity index (χ4v) is 4.45. The average molecular weight is 448 g/mol. The molecule has 4 rings (SSSR count). The van der Waals surface area contributed by atoms with Crippen molar-refractivity contribution in [3.05, 3.63) is 52.8 Å².